The highest BCUT2D eigenvalue weighted by Gasteiger charge is 2.18. The van der Waals surface area contributed by atoms with Crippen LogP contribution in [0.15, 0.2) is 18.2 Å². The number of rotatable bonds is 6. The summed E-state index contributed by atoms with van der Waals surface area (Å²) in [6.45, 7) is -0.106. The van der Waals surface area contributed by atoms with Gasteiger partial charge < -0.3 is 11.1 Å². The lowest BCUT2D eigenvalue weighted by molar-refractivity contribution is -0.394. The Balaban J connectivity index is 2.93. The van der Waals surface area contributed by atoms with E-state index < -0.39 is 15.8 Å². The number of nitrogens with zero attached hydrogens (tertiary/aromatic N) is 2. The molecule has 0 heterocycles. The molecule has 1 amide bonds. The SMILES string of the molecule is NC(=O)CNCc1ccc([N+](=O)[O-])cc1[N+](=O)[O-]. The fourth-order valence-electron chi connectivity index (χ4n) is 1.31. The number of non-ortho nitro benzene ring substituents is 1. The van der Waals surface area contributed by atoms with E-state index in [-0.39, 0.29) is 30.0 Å². The minimum atomic E-state index is -0.715. The summed E-state index contributed by atoms with van der Waals surface area (Å²) in [6, 6.07) is 3.31. The number of carbonyl (C=O) groups excluding carboxylic acids is 1. The average molecular weight is 254 g/mol. The smallest absolute Gasteiger partial charge is 0.280 e. The molecule has 0 bridgehead atoms. The van der Waals surface area contributed by atoms with Gasteiger partial charge in [0.15, 0.2) is 0 Å². The topological polar surface area (TPSA) is 141 Å². The molecule has 0 aliphatic heterocycles. The monoisotopic (exact) mass is 254 g/mol. The highest BCUT2D eigenvalue weighted by Crippen LogP contribution is 2.24. The first-order valence-electron chi connectivity index (χ1n) is 4.82. The summed E-state index contributed by atoms with van der Waals surface area (Å²) in [6.07, 6.45) is 0. The molecule has 1 rings (SSSR count). The van der Waals surface area contributed by atoms with E-state index in [0.717, 1.165) is 12.1 Å². The predicted octanol–water partition coefficient (Wildman–Crippen LogP) is 0.0779. The molecule has 0 atom stereocenters. The zero-order valence-corrected chi connectivity index (χ0v) is 9.16. The molecule has 0 saturated heterocycles. The number of hydrogen-bond acceptors (Lipinski definition) is 6. The standard InChI is InChI=1S/C9H10N4O5/c10-9(14)5-11-4-6-1-2-7(12(15)16)3-8(6)13(17)18/h1-3,11H,4-5H2,(H2,10,14). The molecule has 0 fully saturated rings. The average Bonchev–Trinajstić information content (AvgIpc) is 2.28. The number of hydrogen-bond donors (Lipinski definition) is 2. The lowest BCUT2D eigenvalue weighted by Crippen LogP contribution is -2.28. The lowest BCUT2D eigenvalue weighted by atomic mass is 10.1. The molecule has 18 heavy (non-hydrogen) atoms. The summed E-state index contributed by atoms with van der Waals surface area (Å²) in [5.41, 5.74) is 4.40. The number of benzene rings is 1. The van der Waals surface area contributed by atoms with Crippen molar-refractivity contribution in [1.82, 2.24) is 5.32 Å². The van der Waals surface area contributed by atoms with Gasteiger partial charge in [-0.2, -0.15) is 0 Å². The van der Waals surface area contributed by atoms with Crippen LogP contribution in [0.25, 0.3) is 0 Å². The van der Waals surface area contributed by atoms with Crippen LogP contribution in [0, 0.1) is 20.2 Å². The Morgan fingerprint density at radius 3 is 2.44 bits per heavy atom. The van der Waals surface area contributed by atoms with Gasteiger partial charge in [0.25, 0.3) is 11.4 Å². The third-order valence-electron chi connectivity index (χ3n) is 2.09. The number of nitrogens with two attached hydrogens (primary N) is 1. The predicted molar refractivity (Wildman–Crippen MR) is 60.7 cm³/mol. The molecule has 1 aromatic carbocycles. The molecule has 0 saturated carbocycles. The van der Waals surface area contributed by atoms with Crippen molar-refractivity contribution >= 4 is 17.3 Å². The van der Waals surface area contributed by atoms with Crippen molar-refractivity contribution < 1.29 is 14.6 Å². The third kappa shape index (κ3) is 3.49. The van der Waals surface area contributed by atoms with Gasteiger partial charge in [0, 0.05) is 18.2 Å². The van der Waals surface area contributed by atoms with Crippen molar-refractivity contribution in [3.8, 4) is 0 Å². The van der Waals surface area contributed by atoms with Crippen LogP contribution in [-0.4, -0.2) is 22.3 Å². The molecule has 1 aromatic rings. The van der Waals surface area contributed by atoms with E-state index >= 15 is 0 Å². The molecule has 0 radical (unpaired) electrons. The van der Waals surface area contributed by atoms with Crippen LogP contribution in [0.1, 0.15) is 5.56 Å². The number of nitro benzene ring substituents is 2. The van der Waals surface area contributed by atoms with Gasteiger partial charge in [-0.1, -0.05) is 0 Å². The highest BCUT2D eigenvalue weighted by molar-refractivity contribution is 5.75. The minimum Gasteiger partial charge on any atom is -0.369 e. The maximum atomic E-state index is 10.8. The van der Waals surface area contributed by atoms with Gasteiger partial charge in [-0.3, -0.25) is 25.0 Å². The van der Waals surface area contributed by atoms with E-state index in [1.54, 1.807) is 0 Å². The van der Waals surface area contributed by atoms with Gasteiger partial charge in [-0.15, -0.1) is 0 Å². The first-order valence-corrected chi connectivity index (χ1v) is 4.82. The normalized spacial score (nSPS) is 10.0. The van der Waals surface area contributed by atoms with Crippen molar-refractivity contribution in [2.75, 3.05) is 6.54 Å². The van der Waals surface area contributed by atoms with Crippen LogP contribution in [0.3, 0.4) is 0 Å². The number of nitro groups is 2. The highest BCUT2D eigenvalue weighted by atomic mass is 16.6. The Morgan fingerprint density at radius 2 is 1.94 bits per heavy atom. The molecule has 9 nitrogen and oxygen atoms in total. The van der Waals surface area contributed by atoms with Crippen molar-refractivity contribution in [2.45, 2.75) is 6.54 Å². The molecule has 9 heteroatoms. The van der Waals surface area contributed by atoms with Crippen molar-refractivity contribution in [1.29, 1.82) is 0 Å². The van der Waals surface area contributed by atoms with Crippen molar-refractivity contribution in [3.63, 3.8) is 0 Å². The zero-order valence-electron chi connectivity index (χ0n) is 9.16. The summed E-state index contributed by atoms with van der Waals surface area (Å²) in [4.78, 5) is 30.3. The van der Waals surface area contributed by atoms with E-state index in [1.165, 1.54) is 6.07 Å². The molecular formula is C9H10N4O5. The first kappa shape index (κ1) is 13.5. The van der Waals surface area contributed by atoms with E-state index in [1.807, 2.05) is 0 Å². The molecule has 0 aliphatic rings. The summed E-state index contributed by atoms with van der Waals surface area (Å²) in [5, 5.41) is 23.8. The van der Waals surface area contributed by atoms with Crippen LogP contribution < -0.4 is 11.1 Å². The third-order valence-corrected chi connectivity index (χ3v) is 2.09. The maximum absolute atomic E-state index is 10.8. The summed E-state index contributed by atoms with van der Waals surface area (Å²) in [7, 11) is 0. The lowest BCUT2D eigenvalue weighted by Gasteiger charge is -2.03. The van der Waals surface area contributed by atoms with Crippen molar-refractivity contribution in [3.05, 3.63) is 44.0 Å². The molecule has 0 aromatic heterocycles. The second-order valence-corrected chi connectivity index (χ2v) is 3.40. The van der Waals surface area contributed by atoms with Gasteiger partial charge in [0.2, 0.25) is 5.91 Å². The Labute approximate surface area is 101 Å². The number of primary amides is 1. The summed E-state index contributed by atoms with van der Waals surface area (Å²) >= 11 is 0. The van der Waals surface area contributed by atoms with Gasteiger partial charge in [0.05, 0.1) is 22.5 Å². The molecule has 0 spiro atoms. The second-order valence-electron chi connectivity index (χ2n) is 3.40. The summed E-state index contributed by atoms with van der Waals surface area (Å²) < 4.78 is 0. The first-order chi connectivity index (χ1) is 8.41. The van der Waals surface area contributed by atoms with Crippen LogP contribution >= 0.6 is 0 Å². The van der Waals surface area contributed by atoms with E-state index in [9.17, 15) is 25.0 Å². The van der Waals surface area contributed by atoms with Gasteiger partial charge in [-0.05, 0) is 6.07 Å². The van der Waals surface area contributed by atoms with Crippen LogP contribution in [0.5, 0.6) is 0 Å². The van der Waals surface area contributed by atoms with E-state index in [4.69, 9.17) is 5.73 Å². The minimum absolute atomic E-state index is 0.0250. The molecule has 0 unspecified atom stereocenters. The Morgan fingerprint density at radius 1 is 1.28 bits per heavy atom. The van der Waals surface area contributed by atoms with Crippen LogP contribution in [0.2, 0.25) is 0 Å². The van der Waals surface area contributed by atoms with Gasteiger partial charge in [0.1, 0.15) is 0 Å². The molecular weight excluding hydrogens is 244 g/mol. The fourth-order valence-corrected chi connectivity index (χ4v) is 1.31. The molecule has 0 aliphatic carbocycles. The van der Waals surface area contributed by atoms with Crippen LogP contribution in [0.4, 0.5) is 11.4 Å². The number of amides is 1. The zero-order chi connectivity index (χ0) is 13.7. The number of carbonyl (C=O) groups is 1. The number of nitrogens with one attached hydrogen (secondary N) is 1. The van der Waals surface area contributed by atoms with Gasteiger partial charge >= 0.3 is 0 Å². The van der Waals surface area contributed by atoms with Crippen molar-refractivity contribution in [2.24, 2.45) is 5.73 Å². The fraction of sp³-hybridized carbons (Fsp3) is 0.222. The van der Waals surface area contributed by atoms with Gasteiger partial charge in [-0.25, -0.2) is 0 Å². The summed E-state index contributed by atoms with van der Waals surface area (Å²) in [5.74, 6) is -0.598. The largest absolute Gasteiger partial charge is 0.369 e. The Hall–Kier alpha value is -2.55. The molecule has 3 N–H and O–H groups in total. The molecule has 96 valence electrons. The second kappa shape index (κ2) is 5.68. The van der Waals surface area contributed by atoms with E-state index in [0.29, 0.717) is 0 Å². The quantitative estimate of drug-likeness (QED) is 0.543. The maximum Gasteiger partial charge on any atom is 0.280 e. The van der Waals surface area contributed by atoms with Crippen LogP contribution in [-0.2, 0) is 11.3 Å². The Kier molecular flexibility index (Phi) is 4.27. The van der Waals surface area contributed by atoms with E-state index in [2.05, 4.69) is 5.32 Å². The Bertz CT molecular complexity index is 502.